The molecule has 3 heterocycles. The highest BCUT2D eigenvalue weighted by molar-refractivity contribution is 5.78. The van der Waals surface area contributed by atoms with E-state index in [1.54, 1.807) is 20.4 Å². The maximum atomic E-state index is 12.5. The van der Waals surface area contributed by atoms with E-state index in [0.717, 1.165) is 61.1 Å². The molecule has 0 bridgehead atoms. The van der Waals surface area contributed by atoms with Crippen LogP contribution in [0.5, 0.6) is 11.5 Å². The molecule has 9 nitrogen and oxygen atoms in total. The maximum absolute atomic E-state index is 12.5. The van der Waals surface area contributed by atoms with Gasteiger partial charge in [-0.2, -0.15) is 5.10 Å². The van der Waals surface area contributed by atoms with Crippen molar-refractivity contribution in [2.24, 2.45) is 0 Å². The number of pyridine rings is 1. The SMILES string of the molecule is COc1ccc(CCNC(=O)CN2CCN(c3c(C)nn(-c4ccccn4)c3C)CC2)cc1OC. The molecular weight excluding hydrogens is 444 g/mol. The summed E-state index contributed by atoms with van der Waals surface area (Å²) >= 11 is 0. The van der Waals surface area contributed by atoms with Gasteiger partial charge in [-0.05, 0) is 50.1 Å². The molecule has 186 valence electrons. The van der Waals surface area contributed by atoms with Gasteiger partial charge in [0, 0.05) is 38.9 Å². The van der Waals surface area contributed by atoms with Crippen LogP contribution in [0.4, 0.5) is 5.69 Å². The standard InChI is InChI=1S/C26H34N6O3/c1-19-26(20(2)32(29-19)24-7-5-6-11-27-24)31-15-13-30(14-16-31)18-25(33)28-12-10-21-8-9-22(34-3)23(17-21)35-4/h5-9,11,17H,10,12-16,18H2,1-4H3,(H,28,33). The van der Waals surface area contributed by atoms with E-state index in [1.165, 1.54) is 0 Å². The van der Waals surface area contributed by atoms with Crippen molar-refractivity contribution in [1.29, 1.82) is 0 Å². The van der Waals surface area contributed by atoms with E-state index in [9.17, 15) is 4.79 Å². The molecule has 1 aliphatic rings. The first-order valence-corrected chi connectivity index (χ1v) is 11.9. The van der Waals surface area contributed by atoms with Crippen LogP contribution in [0.2, 0.25) is 0 Å². The molecule has 35 heavy (non-hydrogen) atoms. The Bertz CT molecular complexity index is 1140. The monoisotopic (exact) mass is 478 g/mol. The van der Waals surface area contributed by atoms with E-state index >= 15 is 0 Å². The maximum Gasteiger partial charge on any atom is 0.234 e. The van der Waals surface area contributed by atoms with Gasteiger partial charge in [-0.15, -0.1) is 0 Å². The van der Waals surface area contributed by atoms with E-state index in [1.807, 2.05) is 48.0 Å². The minimum atomic E-state index is 0.0502. The van der Waals surface area contributed by atoms with Crippen LogP contribution in [-0.2, 0) is 11.2 Å². The highest BCUT2D eigenvalue weighted by Gasteiger charge is 2.24. The van der Waals surface area contributed by atoms with Gasteiger partial charge in [0.15, 0.2) is 17.3 Å². The zero-order valence-corrected chi connectivity index (χ0v) is 21.0. The summed E-state index contributed by atoms with van der Waals surface area (Å²) in [4.78, 5) is 21.5. The number of amides is 1. The van der Waals surface area contributed by atoms with Crippen LogP contribution in [0.3, 0.4) is 0 Å². The second kappa shape index (κ2) is 11.2. The molecule has 1 saturated heterocycles. The van der Waals surface area contributed by atoms with Crippen LogP contribution in [-0.4, -0.2) is 79.1 Å². The minimum Gasteiger partial charge on any atom is -0.493 e. The van der Waals surface area contributed by atoms with E-state index < -0.39 is 0 Å². The Balaban J connectivity index is 1.25. The lowest BCUT2D eigenvalue weighted by Crippen LogP contribution is -2.49. The third-order valence-electron chi connectivity index (χ3n) is 6.36. The van der Waals surface area contributed by atoms with Crippen LogP contribution in [0.15, 0.2) is 42.6 Å². The topological polar surface area (TPSA) is 84.8 Å². The lowest BCUT2D eigenvalue weighted by molar-refractivity contribution is -0.122. The molecule has 4 rings (SSSR count). The lowest BCUT2D eigenvalue weighted by atomic mass is 10.1. The molecule has 0 atom stereocenters. The van der Waals surface area contributed by atoms with Gasteiger partial charge < -0.3 is 19.7 Å². The zero-order valence-electron chi connectivity index (χ0n) is 21.0. The van der Waals surface area contributed by atoms with Crippen molar-refractivity contribution in [3.05, 3.63) is 59.5 Å². The van der Waals surface area contributed by atoms with Crippen LogP contribution in [0, 0.1) is 13.8 Å². The molecule has 1 aliphatic heterocycles. The van der Waals surface area contributed by atoms with Crippen LogP contribution in [0.25, 0.3) is 5.82 Å². The Morgan fingerprint density at radius 1 is 1.03 bits per heavy atom. The number of methoxy groups -OCH3 is 2. The predicted molar refractivity (Wildman–Crippen MR) is 136 cm³/mol. The molecule has 3 aromatic rings. The molecule has 0 saturated carbocycles. The Morgan fingerprint density at radius 3 is 2.49 bits per heavy atom. The number of anilines is 1. The molecule has 1 amide bonds. The average Bonchev–Trinajstić information content (AvgIpc) is 3.18. The molecule has 1 aromatic carbocycles. The summed E-state index contributed by atoms with van der Waals surface area (Å²) in [6.07, 6.45) is 2.52. The van der Waals surface area contributed by atoms with Crippen molar-refractivity contribution >= 4 is 11.6 Å². The summed E-state index contributed by atoms with van der Waals surface area (Å²) in [6, 6.07) is 11.7. The number of hydrogen-bond acceptors (Lipinski definition) is 7. The number of hydrogen-bond donors (Lipinski definition) is 1. The molecule has 1 fully saturated rings. The number of aromatic nitrogens is 3. The van der Waals surface area contributed by atoms with Crippen molar-refractivity contribution in [2.45, 2.75) is 20.3 Å². The van der Waals surface area contributed by atoms with Crippen molar-refractivity contribution in [2.75, 3.05) is 58.4 Å². The number of benzene rings is 1. The lowest BCUT2D eigenvalue weighted by Gasteiger charge is -2.35. The number of nitrogens with one attached hydrogen (secondary N) is 1. The fraction of sp³-hybridized carbons (Fsp3) is 0.423. The largest absolute Gasteiger partial charge is 0.493 e. The van der Waals surface area contributed by atoms with Gasteiger partial charge in [0.25, 0.3) is 0 Å². The first-order valence-electron chi connectivity index (χ1n) is 11.9. The summed E-state index contributed by atoms with van der Waals surface area (Å²) in [5, 5.41) is 7.76. The summed E-state index contributed by atoms with van der Waals surface area (Å²) in [6.45, 7) is 8.49. The number of rotatable bonds is 9. The van der Waals surface area contributed by atoms with Gasteiger partial charge in [-0.3, -0.25) is 9.69 Å². The van der Waals surface area contributed by atoms with Crippen LogP contribution in [0.1, 0.15) is 17.0 Å². The second-order valence-electron chi connectivity index (χ2n) is 8.67. The molecule has 0 radical (unpaired) electrons. The van der Waals surface area contributed by atoms with Gasteiger partial charge in [0.05, 0.1) is 37.8 Å². The van der Waals surface area contributed by atoms with Gasteiger partial charge in [0.2, 0.25) is 5.91 Å². The average molecular weight is 479 g/mol. The molecule has 0 unspecified atom stereocenters. The highest BCUT2D eigenvalue weighted by Crippen LogP contribution is 2.28. The molecular formula is C26H34N6O3. The minimum absolute atomic E-state index is 0.0502. The van der Waals surface area contributed by atoms with Gasteiger partial charge >= 0.3 is 0 Å². The summed E-state index contributed by atoms with van der Waals surface area (Å²) < 4.78 is 12.5. The van der Waals surface area contributed by atoms with Crippen LogP contribution >= 0.6 is 0 Å². The summed E-state index contributed by atoms with van der Waals surface area (Å²) in [5.74, 6) is 2.27. The Morgan fingerprint density at radius 2 is 1.80 bits per heavy atom. The van der Waals surface area contributed by atoms with E-state index in [0.29, 0.717) is 24.6 Å². The molecule has 2 aromatic heterocycles. The number of aryl methyl sites for hydroxylation is 1. The third-order valence-corrected chi connectivity index (χ3v) is 6.36. The smallest absolute Gasteiger partial charge is 0.234 e. The van der Waals surface area contributed by atoms with Crippen LogP contribution < -0.4 is 19.7 Å². The van der Waals surface area contributed by atoms with Gasteiger partial charge in [0.1, 0.15) is 0 Å². The first kappa shape index (κ1) is 24.5. The Hall–Kier alpha value is -3.59. The van der Waals surface area contributed by atoms with Crippen molar-refractivity contribution < 1.29 is 14.3 Å². The molecule has 0 aliphatic carbocycles. The zero-order chi connectivity index (χ0) is 24.8. The second-order valence-corrected chi connectivity index (χ2v) is 8.67. The number of carbonyl (C=O) groups is 1. The van der Waals surface area contributed by atoms with Crippen molar-refractivity contribution in [3.63, 3.8) is 0 Å². The first-order chi connectivity index (χ1) is 17.0. The fourth-order valence-corrected chi connectivity index (χ4v) is 4.57. The van der Waals surface area contributed by atoms with E-state index in [-0.39, 0.29) is 5.91 Å². The molecule has 1 N–H and O–H groups in total. The molecule has 9 heteroatoms. The van der Waals surface area contributed by atoms with Crippen molar-refractivity contribution in [1.82, 2.24) is 25.0 Å². The number of nitrogens with zero attached hydrogens (tertiary/aromatic N) is 5. The van der Waals surface area contributed by atoms with Crippen molar-refractivity contribution in [3.8, 4) is 17.3 Å². The number of piperazine rings is 1. The number of ether oxygens (including phenoxy) is 2. The quantitative estimate of drug-likeness (QED) is 0.506. The van der Waals surface area contributed by atoms with Gasteiger partial charge in [-0.1, -0.05) is 12.1 Å². The summed E-state index contributed by atoms with van der Waals surface area (Å²) in [5.41, 5.74) is 4.33. The van der Waals surface area contributed by atoms with Gasteiger partial charge in [-0.25, -0.2) is 9.67 Å². The Labute approximate surface area is 206 Å². The van der Waals surface area contributed by atoms with E-state index in [2.05, 4.69) is 27.0 Å². The predicted octanol–water partition coefficient (Wildman–Crippen LogP) is 2.38. The Kier molecular flexibility index (Phi) is 7.87. The fourth-order valence-electron chi connectivity index (χ4n) is 4.57. The highest BCUT2D eigenvalue weighted by atomic mass is 16.5. The molecule has 0 spiro atoms. The third kappa shape index (κ3) is 5.74. The summed E-state index contributed by atoms with van der Waals surface area (Å²) in [7, 11) is 3.24. The van der Waals surface area contributed by atoms with E-state index in [4.69, 9.17) is 14.6 Å². The number of carbonyl (C=O) groups excluding carboxylic acids is 1. The normalized spacial score (nSPS) is 14.1.